The Labute approximate surface area is 183 Å². The molecule has 0 spiro atoms. The number of aliphatic carboxylic acids is 2. The predicted octanol–water partition coefficient (Wildman–Crippen LogP) is -2.03. The summed E-state index contributed by atoms with van der Waals surface area (Å²) >= 11 is 1.40. The Morgan fingerprint density at radius 3 is 2.32 bits per heavy atom. The summed E-state index contributed by atoms with van der Waals surface area (Å²) in [5.74, 6) is -4.44. The number of thioether (sulfide) groups is 1. The largest absolute Gasteiger partial charge is 0.481 e. The van der Waals surface area contributed by atoms with Crippen LogP contribution in [0.25, 0.3) is 0 Å². The van der Waals surface area contributed by atoms with E-state index in [1.807, 2.05) is 0 Å². The molecule has 31 heavy (non-hydrogen) atoms. The van der Waals surface area contributed by atoms with Gasteiger partial charge < -0.3 is 36.6 Å². The molecule has 1 heterocycles. The van der Waals surface area contributed by atoms with Gasteiger partial charge in [-0.25, -0.2) is 4.79 Å². The van der Waals surface area contributed by atoms with Crippen molar-refractivity contribution in [3.63, 3.8) is 0 Å². The van der Waals surface area contributed by atoms with Gasteiger partial charge in [0.15, 0.2) is 0 Å². The van der Waals surface area contributed by atoms with Crippen molar-refractivity contribution in [2.24, 2.45) is 5.73 Å². The highest BCUT2D eigenvalue weighted by molar-refractivity contribution is 7.98. The van der Waals surface area contributed by atoms with E-state index >= 15 is 0 Å². The number of nitrogens with zero attached hydrogens (tertiary/aromatic N) is 1. The number of hydrogen-bond acceptors (Lipinski definition) is 8. The van der Waals surface area contributed by atoms with Crippen LogP contribution < -0.4 is 16.4 Å². The maximum Gasteiger partial charge on any atom is 0.326 e. The topological polar surface area (TPSA) is 199 Å². The SMILES string of the molecule is CSCCC(NC(=O)C1CCCN1C(=O)C(N)C(C)O)C(=O)NC(CC(=O)O)C(=O)O. The third-order valence-corrected chi connectivity index (χ3v) is 5.52. The lowest BCUT2D eigenvalue weighted by molar-refractivity contribution is -0.147. The lowest BCUT2D eigenvalue weighted by atomic mass is 10.1. The Morgan fingerprint density at radius 1 is 1.16 bits per heavy atom. The second-order valence-electron chi connectivity index (χ2n) is 7.30. The molecule has 0 radical (unpaired) electrons. The van der Waals surface area contributed by atoms with Gasteiger partial charge in [-0.3, -0.25) is 19.2 Å². The first kappa shape index (κ1) is 26.7. The maximum atomic E-state index is 12.8. The van der Waals surface area contributed by atoms with E-state index in [9.17, 15) is 29.1 Å². The molecule has 0 bridgehead atoms. The molecule has 5 unspecified atom stereocenters. The molecule has 7 N–H and O–H groups in total. The van der Waals surface area contributed by atoms with Crippen molar-refractivity contribution >= 4 is 41.4 Å². The number of nitrogens with one attached hydrogen (secondary N) is 2. The first-order valence-corrected chi connectivity index (χ1v) is 11.2. The first-order valence-electron chi connectivity index (χ1n) is 9.78. The molecule has 0 aromatic carbocycles. The standard InChI is InChI=1S/C18H30N4O8S/c1-9(23)14(19)17(28)22-6-3-4-12(22)16(27)20-10(5-7-31-2)15(26)21-11(18(29)30)8-13(24)25/h9-12,14,23H,3-8,19H2,1-2H3,(H,20,27)(H,21,26)(H,24,25)(H,29,30). The van der Waals surface area contributed by atoms with E-state index < -0.39 is 66.4 Å². The van der Waals surface area contributed by atoms with Crippen LogP contribution in [0.4, 0.5) is 0 Å². The monoisotopic (exact) mass is 462 g/mol. The summed E-state index contributed by atoms with van der Waals surface area (Å²) in [7, 11) is 0. The van der Waals surface area contributed by atoms with Crippen LogP contribution in [0.15, 0.2) is 0 Å². The van der Waals surface area contributed by atoms with Crippen molar-refractivity contribution in [3.8, 4) is 0 Å². The van der Waals surface area contributed by atoms with E-state index in [0.717, 1.165) is 0 Å². The van der Waals surface area contributed by atoms with Gasteiger partial charge in [-0.2, -0.15) is 11.8 Å². The number of likely N-dealkylation sites (tertiary alicyclic amines) is 1. The molecule has 13 heteroatoms. The zero-order valence-corrected chi connectivity index (χ0v) is 18.3. The van der Waals surface area contributed by atoms with Crippen LogP contribution >= 0.6 is 11.8 Å². The van der Waals surface area contributed by atoms with Crippen LogP contribution in [-0.2, 0) is 24.0 Å². The molecule has 0 aromatic heterocycles. The van der Waals surface area contributed by atoms with E-state index in [0.29, 0.717) is 18.6 Å². The van der Waals surface area contributed by atoms with Gasteiger partial charge in [-0.15, -0.1) is 0 Å². The van der Waals surface area contributed by atoms with Crippen LogP contribution in [0.1, 0.15) is 32.6 Å². The normalized spacial score (nSPS) is 19.7. The Kier molecular flexibility index (Phi) is 10.7. The number of carbonyl (C=O) groups is 5. The summed E-state index contributed by atoms with van der Waals surface area (Å²) in [5.41, 5.74) is 5.70. The number of nitrogens with two attached hydrogens (primary N) is 1. The van der Waals surface area contributed by atoms with E-state index in [-0.39, 0.29) is 13.0 Å². The van der Waals surface area contributed by atoms with Gasteiger partial charge in [0.1, 0.15) is 24.2 Å². The van der Waals surface area contributed by atoms with Crippen LogP contribution in [-0.4, -0.2) is 98.7 Å². The molecule has 1 aliphatic rings. The van der Waals surface area contributed by atoms with Crippen LogP contribution in [0, 0.1) is 0 Å². The molecule has 1 fully saturated rings. The summed E-state index contributed by atoms with van der Waals surface area (Å²) in [6.45, 7) is 1.64. The van der Waals surface area contributed by atoms with Gasteiger partial charge in [-0.1, -0.05) is 0 Å². The molecule has 1 saturated heterocycles. The average molecular weight is 463 g/mol. The second kappa shape index (κ2) is 12.5. The number of aliphatic hydroxyl groups is 1. The van der Waals surface area contributed by atoms with Crippen LogP contribution in [0.2, 0.25) is 0 Å². The molecule has 0 aromatic rings. The summed E-state index contributed by atoms with van der Waals surface area (Å²) in [5, 5.41) is 32.2. The van der Waals surface area contributed by atoms with Crippen molar-refractivity contribution < 1.29 is 39.3 Å². The summed E-state index contributed by atoms with van der Waals surface area (Å²) in [6.07, 6.45) is 0.934. The van der Waals surface area contributed by atoms with Crippen molar-refractivity contribution in [2.75, 3.05) is 18.6 Å². The van der Waals surface area contributed by atoms with Crippen LogP contribution in [0.5, 0.6) is 0 Å². The Hall–Kier alpha value is -2.38. The highest BCUT2D eigenvalue weighted by Crippen LogP contribution is 2.19. The van der Waals surface area contributed by atoms with Crippen molar-refractivity contribution in [1.29, 1.82) is 0 Å². The zero-order valence-electron chi connectivity index (χ0n) is 17.4. The Balaban J connectivity index is 2.91. The molecule has 0 aliphatic carbocycles. The van der Waals surface area contributed by atoms with Crippen molar-refractivity contribution in [2.45, 2.75) is 62.9 Å². The Bertz CT molecular complexity index is 689. The number of carboxylic acids is 2. The molecule has 176 valence electrons. The molecule has 5 atom stereocenters. The van der Waals surface area contributed by atoms with Crippen molar-refractivity contribution in [3.05, 3.63) is 0 Å². The molecular weight excluding hydrogens is 432 g/mol. The minimum absolute atomic E-state index is 0.173. The quantitative estimate of drug-likeness (QED) is 0.188. The number of carbonyl (C=O) groups excluding carboxylic acids is 3. The number of rotatable bonds is 12. The van der Waals surface area contributed by atoms with Gasteiger partial charge in [0, 0.05) is 6.54 Å². The third-order valence-electron chi connectivity index (χ3n) is 4.88. The zero-order chi connectivity index (χ0) is 23.7. The molecule has 12 nitrogen and oxygen atoms in total. The van der Waals surface area contributed by atoms with E-state index in [4.69, 9.17) is 15.9 Å². The van der Waals surface area contributed by atoms with Gasteiger partial charge in [-0.05, 0) is 38.2 Å². The Morgan fingerprint density at radius 2 is 1.81 bits per heavy atom. The summed E-state index contributed by atoms with van der Waals surface area (Å²) in [6, 6.07) is -4.82. The molecule has 0 saturated carbocycles. The van der Waals surface area contributed by atoms with Crippen LogP contribution in [0.3, 0.4) is 0 Å². The van der Waals surface area contributed by atoms with E-state index in [1.54, 1.807) is 6.26 Å². The fraction of sp³-hybridized carbons (Fsp3) is 0.722. The van der Waals surface area contributed by atoms with Gasteiger partial charge in [0.05, 0.1) is 12.5 Å². The first-order chi connectivity index (χ1) is 14.5. The maximum absolute atomic E-state index is 12.8. The number of aliphatic hydroxyl groups excluding tert-OH is 1. The fourth-order valence-electron chi connectivity index (χ4n) is 3.12. The van der Waals surface area contributed by atoms with Crippen molar-refractivity contribution in [1.82, 2.24) is 15.5 Å². The summed E-state index contributed by atoms with van der Waals surface area (Å²) in [4.78, 5) is 61.2. The highest BCUT2D eigenvalue weighted by Gasteiger charge is 2.38. The molecular formula is C18H30N4O8S. The smallest absolute Gasteiger partial charge is 0.326 e. The minimum Gasteiger partial charge on any atom is -0.481 e. The molecule has 3 amide bonds. The lowest BCUT2D eigenvalue weighted by Crippen LogP contribution is -2.57. The predicted molar refractivity (Wildman–Crippen MR) is 111 cm³/mol. The lowest BCUT2D eigenvalue weighted by Gasteiger charge is -2.29. The number of hydrogen-bond donors (Lipinski definition) is 6. The average Bonchev–Trinajstić information content (AvgIpc) is 3.18. The van der Waals surface area contributed by atoms with E-state index in [2.05, 4.69) is 10.6 Å². The second-order valence-corrected chi connectivity index (χ2v) is 8.28. The van der Waals surface area contributed by atoms with E-state index in [1.165, 1.54) is 23.6 Å². The minimum atomic E-state index is -1.65. The molecule has 1 aliphatic heterocycles. The third kappa shape index (κ3) is 7.99. The van der Waals surface area contributed by atoms with Gasteiger partial charge >= 0.3 is 11.9 Å². The number of amides is 3. The fourth-order valence-corrected chi connectivity index (χ4v) is 3.59. The highest BCUT2D eigenvalue weighted by atomic mass is 32.2. The number of carboxylic acid groups (broad SMARTS) is 2. The molecule has 1 rings (SSSR count). The van der Waals surface area contributed by atoms with Gasteiger partial charge in [0.25, 0.3) is 0 Å². The van der Waals surface area contributed by atoms with Gasteiger partial charge in [0.2, 0.25) is 17.7 Å². The summed E-state index contributed by atoms with van der Waals surface area (Å²) < 4.78 is 0.